The van der Waals surface area contributed by atoms with Crippen LogP contribution < -0.4 is 0 Å². The molecule has 0 spiro atoms. The van der Waals surface area contributed by atoms with Crippen LogP contribution in [-0.2, 0) is 0 Å². The van der Waals surface area contributed by atoms with Crippen LogP contribution in [0, 0.1) is 0 Å². The summed E-state index contributed by atoms with van der Waals surface area (Å²) in [5.41, 5.74) is 14.1. The van der Waals surface area contributed by atoms with Crippen LogP contribution in [0.1, 0.15) is 0 Å². The predicted molar refractivity (Wildman–Crippen MR) is 253 cm³/mol. The maximum atomic E-state index is 5.11. The first-order chi connectivity index (χ1) is 30.8. The zero-order valence-corrected chi connectivity index (χ0v) is 33.5. The molecule has 0 N–H and O–H groups in total. The SMILES string of the molecule is c1ccc(-c2nc(-c3ccc(-c4cccc(-n5c6ccccc6c6c5ccc5c7ccccc7n(-c7ccccc7)c56)c4)cc3)nc(-c3ccccc3-c3ccncc3)n2)cc1. The topological polar surface area (TPSA) is 61.4 Å². The van der Waals surface area contributed by atoms with E-state index in [1.165, 1.54) is 32.6 Å². The van der Waals surface area contributed by atoms with Crippen LogP contribution in [0.25, 0.3) is 111 Å². The van der Waals surface area contributed by atoms with Crippen molar-refractivity contribution in [3.8, 4) is 67.8 Å². The largest absolute Gasteiger partial charge is 0.309 e. The smallest absolute Gasteiger partial charge is 0.164 e. The third kappa shape index (κ3) is 5.88. The molecule has 0 bridgehead atoms. The molecule has 0 atom stereocenters. The summed E-state index contributed by atoms with van der Waals surface area (Å²) in [6, 6.07) is 72.6. The Morgan fingerprint density at radius 2 is 0.871 bits per heavy atom. The van der Waals surface area contributed by atoms with Crippen molar-refractivity contribution in [2.75, 3.05) is 0 Å². The summed E-state index contributed by atoms with van der Waals surface area (Å²) >= 11 is 0. The van der Waals surface area contributed by atoms with E-state index < -0.39 is 0 Å². The molecule has 6 heteroatoms. The quantitative estimate of drug-likeness (QED) is 0.161. The van der Waals surface area contributed by atoms with Crippen LogP contribution in [0.4, 0.5) is 0 Å². The molecule has 0 saturated carbocycles. The second kappa shape index (κ2) is 14.7. The van der Waals surface area contributed by atoms with Crippen molar-refractivity contribution in [1.82, 2.24) is 29.1 Å². The van der Waals surface area contributed by atoms with E-state index in [9.17, 15) is 0 Å². The minimum atomic E-state index is 0.614. The van der Waals surface area contributed by atoms with E-state index in [2.05, 4.69) is 166 Å². The lowest BCUT2D eigenvalue weighted by Crippen LogP contribution is -2.01. The number of hydrogen-bond donors (Lipinski definition) is 0. The molecule has 6 nitrogen and oxygen atoms in total. The third-order valence-corrected chi connectivity index (χ3v) is 11.9. The van der Waals surface area contributed by atoms with Gasteiger partial charge in [0.25, 0.3) is 0 Å². The summed E-state index contributed by atoms with van der Waals surface area (Å²) in [5.74, 6) is 1.85. The lowest BCUT2D eigenvalue weighted by molar-refractivity contribution is 1.07. The van der Waals surface area contributed by atoms with E-state index in [4.69, 9.17) is 15.0 Å². The van der Waals surface area contributed by atoms with Crippen LogP contribution in [0.5, 0.6) is 0 Å². The number of para-hydroxylation sites is 3. The number of hydrogen-bond acceptors (Lipinski definition) is 4. The highest BCUT2D eigenvalue weighted by molar-refractivity contribution is 6.26. The average Bonchev–Trinajstić information content (AvgIpc) is 3.88. The number of fused-ring (bicyclic) bond motifs is 7. The number of rotatable bonds is 7. The van der Waals surface area contributed by atoms with Gasteiger partial charge in [-0.1, -0.05) is 152 Å². The molecule has 0 aliphatic rings. The van der Waals surface area contributed by atoms with E-state index in [-0.39, 0.29) is 0 Å². The number of benzene rings is 8. The minimum Gasteiger partial charge on any atom is -0.309 e. The molecule has 12 rings (SSSR count). The lowest BCUT2D eigenvalue weighted by Gasteiger charge is -2.13. The molecule has 290 valence electrons. The maximum absolute atomic E-state index is 5.11. The van der Waals surface area contributed by atoms with Gasteiger partial charge in [-0.25, -0.2) is 15.0 Å². The highest BCUT2D eigenvalue weighted by Gasteiger charge is 2.21. The Bertz CT molecular complexity index is 3610. The van der Waals surface area contributed by atoms with Crippen LogP contribution in [0.2, 0.25) is 0 Å². The van der Waals surface area contributed by atoms with Gasteiger partial charge in [-0.3, -0.25) is 4.98 Å². The molecule has 0 radical (unpaired) electrons. The number of nitrogens with zero attached hydrogens (tertiary/aromatic N) is 6. The van der Waals surface area contributed by atoms with Crippen molar-refractivity contribution in [3.63, 3.8) is 0 Å². The predicted octanol–water partition coefficient (Wildman–Crippen LogP) is 13.8. The van der Waals surface area contributed by atoms with E-state index in [1.54, 1.807) is 0 Å². The van der Waals surface area contributed by atoms with Crippen LogP contribution >= 0.6 is 0 Å². The summed E-state index contributed by atoms with van der Waals surface area (Å²) < 4.78 is 4.84. The van der Waals surface area contributed by atoms with Crippen molar-refractivity contribution < 1.29 is 0 Å². The standard InChI is InChI=1S/C56H36N6/c1-3-14-39(15-4-1)54-58-55(60-56(59-54)47-22-8-7-20-44(47)38-32-34-57-35-33-38)40-28-26-37(27-29-40)41-16-13-19-43(36-41)61-50-25-12-10-23-48(50)52-51(61)31-30-46-45-21-9-11-24-49(45)62(53(46)52)42-17-5-2-6-18-42/h1-36H. The van der Waals surface area contributed by atoms with Gasteiger partial charge in [-0.2, -0.15) is 0 Å². The van der Waals surface area contributed by atoms with Crippen molar-refractivity contribution in [1.29, 1.82) is 0 Å². The van der Waals surface area contributed by atoms with Gasteiger partial charge in [0.05, 0.1) is 22.1 Å². The summed E-state index contributed by atoms with van der Waals surface area (Å²) in [6.07, 6.45) is 3.62. The Labute approximate surface area is 357 Å². The van der Waals surface area contributed by atoms with Gasteiger partial charge < -0.3 is 9.13 Å². The molecule has 4 aromatic heterocycles. The highest BCUT2D eigenvalue weighted by atomic mass is 15.0. The summed E-state index contributed by atoms with van der Waals surface area (Å²) in [7, 11) is 0. The number of pyridine rings is 1. The molecule has 62 heavy (non-hydrogen) atoms. The fraction of sp³-hybridized carbons (Fsp3) is 0. The van der Waals surface area contributed by atoms with Crippen LogP contribution in [0.3, 0.4) is 0 Å². The first-order valence-electron chi connectivity index (χ1n) is 20.8. The summed E-state index contributed by atoms with van der Waals surface area (Å²) in [5, 5.41) is 4.95. The van der Waals surface area contributed by atoms with Crippen molar-refractivity contribution >= 4 is 43.6 Å². The second-order valence-corrected chi connectivity index (χ2v) is 15.5. The lowest BCUT2D eigenvalue weighted by atomic mass is 10.00. The first kappa shape index (κ1) is 35.5. The van der Waals surface area contributed by atoms with Crippen LogP contribution in [0.15, 0.2) is 219 Å². The van der Waals surface area contributed by atoms with Crippen molar-refractivity contribution in [2.24, 2.45) is 0 Å². The van der Waals surface area contributed by atoms with Gasteiger partial charge in [0, 0.05) is 62.0 Å². The molecule has 0 aliphatic carbocycles. The fourth-order valence-corrected chi connectivity index (χ4v) is 9.07. The average molecular weight is 793 g/mol. The fourth-order valence-electron chi connectivity index (χ4n) is 9.07. The highest BCUT2D eigenvalue weighted by Crippen LogP contribution is 2.42. The maximum Gasteiger partial charge on any atom is 0.164 e. The Balaban J connectivity index is 0.975. The van der Waals surface area contributed by atoms with E-state index in [0.717, 1.165) is 61.4 Å². The Morgan fingerprint density at radius 1 is 0.306 bits per heavy atom. The Morgan fingerprint density at radius 3 is 1.63 bits per heavy atom. The molecule has 0 aliphatic heterocycles. The van der Waals surface area contributed by atoms with Gasteiger partial charge in [-0.15, -0.1) is 0 Å². The third-order valence-electron chi connectivity index (χ3n) is 11.9. The molecule has 12 aromatic rings. The zero-order chi connectivity index (χ0) is 41.0. The minimum absolute atomic E-state index is 0.614. The molecule has 0 amide bonds. The Hall–Kier alpha value is -8.48. The summed E-state index contributed by atoms with van der Waals surface area (Å²) in [4.78, 5) is 19.4. The van der Waals surface area contributed by atoms with Gasteiger partial charge in [-0.05, 0) is 76.9 Å². The second-order valence-electron chi connectivity index (χ2n) is 15.5. The number of aromatic nitrogens is 6. The van der Waals surface area contributed by atoms with Gasteiger partial charge >= 0.3 is 0 Å². The molecule has 0 unspecified atom stereocenters. The summed E-state index contributed by atoms with van der Waals surface area (Å²) in [6.45, 7) is 0. The first-order valence-corrected chi connectivity index (χ1v) is 20.8. The van der Waals surface area contributed by atoms with Gasteiger partial charge in [0.2, 0.25) is 0 Å². The molecule has 8 aromatic carbocycles. The van der Waals surface area contributed by atoms with Gasteiger partial charge in [0.15, 0.2) is 17.5 Å². The van der Waals surface area contributed by atoms with Gasteiger partial charge in [0.1, 0.15) is 0 Å². The Kier molecular flexibility index (Phi) is 8.38. The molecule has 0 fully saturated rings. The van der Waals surface area contributed by atoms with Crippen molar-refractivity contribution in [3.05, 3.63) is 219 Å². The normalized spacial score (nSPS) is 11.5. The zero-order valence-electron chi connectivity index (χ0n) is 33.5. The molecule has 4 heterocycles. The monoisotopic (exact) mass is 792 g/mol. The molecule has 0 saturated heterocycles. The van der Waals surface area contributed by atoms with E-state index >= 15 is 0 Å². The van der Waals surface area contributed by atoms with Crippen molar-refractivity contribution in [2.45, 2.75) is 0 Å². The van der Waals surface area contributed by atoms with Crippen LogP contribution in [-0.4, -0.2) is 29.1 Å². The molecular weight excluding hydrogens is 757 g/mol. The molecular formula is C56H36N6. The van der Waals surface area contributed by atoms with E-state index in [0.29, 0.717) is 17.5 Å². The van der Waals surface area contributed by atoms with E-state index in [1.807, 2.05) is 67.0 Å².